The van der Waals surface area contributed by atoms with E-state index in [4.69, 9.17) is 5.73 Å². The van der Waals surface area contributed by atoms with Crippen LogP contribution >= 0.6 is 11.3 Å². The van der Waals surface area contributed by atoms with Crippen LogP contribution in [0.5, 0.6) is 5.75 Å². The maximum Gasteiger partial charge on any atom is 0.573 e. The molecule has 2 aromatic rings. The Balaban J connectivity index is 0.00000163. The van der Waals surface area contributed by atoms with Crippen LogP contribution in [0, 0.1) is 5.92 Å². The summed E-state index contributed by atoms with van der Waals surface area (Å²) in [5.74, 6) is -0.165. The number of alkyl halides is 3. The van der Waals surface area contributed by atoms with E-state index in [1.54, 1.807) is 18.2 Å². The van der Waals surface area contributed by atoms with Gasteiger partial charge in [-0.25, -0.2) is 4.99 Å². The Kier molecular flexibility index (Phi) is 13.7. The zero-order valence-corrected chi connectivity index (χ0v) is 22.9. The van der Waals surface area contributed by atoms with Crippen molar-refractivity contribution in [1.82, 2.24) is 0 Å². The van der Waals surface area contributed by atoms with E-state index in [1.807, 2.05) is 40.0 Å². The van der Waals surface area contributed by atoms with E-state index in [-0.39, 0.29) is 17.5 Å². The number of aliphatic imine (C=N–C) groups is 2. The molecule has 204 valence electrons. The minimum Gasteiger partial charge on any atom is -0.406 e. The number of hydrogen-bond donors (Lipinski definition) is 2. The molecular formula is C27H37F3N4O2S. The molecule has 3 rings (SSSR count). The molecule has 1 atom stereocenters. The van der Waals surface area contributed by atoms with Crippen molar-refractivity contribution in [2.24, 2.45) is 21.6 Å². The van der Waals surface area contributed by atoms with Gasteiger partial charge in [0.25, 0.3) is 5.91 Å². The number of anilines is 1. The highest BCUT2D eigenvalue weighted by molar-refractivity contribution is 7.11. The summed E-state index contributed by atoms with van der Waals surface area (Å²) in [5.41, 5.74) is 8.38. The van der Waals surface area contributed by atoms with Crippen LogP contribution in [0.25, 0.3) is 5.57 Å². The standard InChI is InChI=1S/C23H25F3N4O2S.2C2H6/c1-3-14(2)20-18(10-11-33-20)29-22(31)21(27)30-19-9-6-16(13-28-19)12-15-4-7-17(8-5-15)32-23(24,25)26;2*1-2/h4-5,7-8,10-11,16H,2-3,6,9,12-13H2,1H3,(H,29,31)(H2,27,28,30);2*1-2H3. The van der Waals surface area contributed by atoms with Gasteiger partial charge in [0.2, 0.25) is 0 Å². The smallest absolute Gasteiger partial charge is 0.406 e. The molecule has 0 aliphatic carbocycles. The van der Waals surface area contributed by atoms with Crippen LogP contribution in [0.1, 0.15) is 64.3 Å². The number of nitrogens with one attached hydrogen (secondary N) is 1. The fourth-order valence-corrected chi connectivity index (χ4v) is 4.27. The third-order valence-corrected chi connectivity index (χ3v) is 6.15. The first kappa shape index (κ1) is 31.9. The fraction of sp³-hybridized carbons (Fsp3) is 0.444. The second-order valence-corrected chi connectivity index (χ2v) is 8.55. The summed E-state index contributed by atoms with van der Waals surface area (Å²) in [6.07, 6.45) is -1.92. The zero-order chi connectivity index (χ0) is 28.0. The molecule has 1 aliphatic rings. The van der Waals surface area contributed by atoms with Crippen LogP contribution in [0.3, 0.4) is 0 Å². The number of carbonyl (C=O) groups excluding carboxylic acids is 1. The number of rotatable bonds is 6. The second kappa shape index (κ2) is 15.9. The van der Waals surface area contributed by atoms with Gasteiger partial charge in [-0.05, 0) is 59.9 Å². The predicted octanol–water partition coefficient (Wildman–Crippen LogP) is 7.47. The number of amidine groups is 2. The Morgan fingerprint density at radius 2 is 1.86 bits per heavy atom. The van der Waals surface area contributed by atoms with E-state index >= 15 is 0 Å². The third kappa shape index (κ3) is 10.8. The van der Waals surface area contributed by atoms with Crippen molar-refractivity contribution in [2.75, 3.05) is 11.9 Å². The lowest BCUT2D eigenvalue weighted by molar-refractivity contribution is -0.274. The molecule has 10 heteroatoms. The number of carbonyl (C=O) groups is 1. The van der Waals surface area contributed by atoms with Gasteiger partial charge in [-0.2, -0.15) is 0 Å². The van der Waals surface area contributed by atoms with Gasteiger partial charge in [-0.15, -0.1) is 24.5 Å². The molecule has 0 bridgehead atoms. The summed E-state index contributed by atoms with van der Waals surface area (Å²) in [5, 5.41) is 4.65. The van der Waals surface area contributed by atoms with Crippen LogP contribution in [-0.2, 0) is 11.2 Å². The van der Waals surface area contributed by atoms with Crippen molar-refractivity contribution in [3.05, 3.63) is 52.7 Å². The average molecular weight is 539 g/mol. The predicted molar refractivity (Wildman–Crippen MR) is 148 cm³/mol. The molecule has 1 aliphatic heterocycles. The van der Waals surface area contributed by atoms with E-state index in [1.165, 1.54) is 23.5 Å². The van der Waals surface area contributed by atoms with E-state index in [0.717, 1.165) is 28.9 Å². The summed E-state index contributed by atoms with van der Waals surface area (Å²) in [7, 11) is 0. The molecule has 0 spiro atoms. The zero-order valence-electron chi connectivity index (χ0n) is 22.1. The Bertz CT molecular complexity index is 1060. The molecule has 0 fully saturated rings. The summed E-state index contributed by atoms with van der Waals surface area (Å²) >= 11 is 1.50. The highest BCUT2D eigenvalue weighted by Gasteiger charge is 2.31. The molecule has 2 heterocycles. The van der Waals surface area contributed by atoms with Crippen LogP contribution in [-0.4, -0.2) is 30.5 Å². The summed E-state index contributed by atoms with van der Waals surface area (Å²) < 4.78 is 40.7. The summed E-state index contributed by atoms with van der Waals surface area (Å²) in [4.78, 5) is 22.0. The van der Waals surface area contributed by atoms with Gasteiger partial charge < -0.3 is 15.8 Å². The molecule has 0 saturated heterocycles. The molecule has 37 heavy (non-hydrogen) atoms. The first-order chi connectivity index (χ1) is 17.6. The van der Waals surface area contributed by atoms with E-state index in [0.29, 0.717) is 30.9 Å². The lowest BCUT2D eigenvalue weighted by atomic mass is 9.93. The Morgan fingerprint density at radius 3 is 2.41 bits per heavy atom. The number of halogens is 3. The molecule has 6 nitrogen and oxygen atoms in total. The number of nitrogens with zero attached hydrogens (tertiary/aromatic N) is 2. The van der Waals surface area contributed by atoms with E-state index in [9.17, 15) is 18.0 Å². The van der Waals surface area contributed by atoms with E-state index in [2.05, 4.69) is 26.6 Å². The maximum atomic E-state index is 12.4. The number of ether oxygens (including phenoxy) is 1. The van der Waals surface area contributed by atoms with Gasteiger partial charge in [-0.3, -0.25) is 9.79 Å². The normalized spacial score (nSPS) is 15.3. The van der Waals surface area contributed by atoms with Crippen molar-refractivity contribution in [3.8, 4) is 5.75 Å². The first-order valence-electron chi connectivity index (χ1n) is 12.4. The number of benzene rings is 1. The Hall–Kier alpha value is -3.14. The molecule has 1 aromatic heterocycles. The molecule has 3 N–H and O–H groups in total. The minimum atomic E-state index is -4.70. The molecular weight excluding hydrogens is 501 g/mol. The topological polar surface area (TPSA) is 89.1 Å². The average Bonchev–Trinajstić information content (AvgIpc) is 3.35. The lowest BCUT2D eigenvalue weighted by Gasteiger charge is -2.20. The number of hydrogen-bond acceptors (Lipinski definition) is 5. The van der Waals surface area contributed by atoms with Crippen LogP contribution in [0.15, 0.2) is 52.3 Å². The molecule has 1 unspecified atom stereocenters. The molecule has 0 saturated carbocycles. The maximum absolute atomic E-state index is 12.4. The number of thiophene rings is 1. The van der Waals surface area contributed by atoms with Crippen LogP contribution < -0.4 is 15.8 Å². The van der Waals surface area contributed by atoms with Crippen molar-refractivity contribution in [3.63, 3.8) is 0 Å². The largest absolute Gasteiger partial charge is 0.573 e. The molecule has 1 amide bonds. The van der Waals surface area contributed by atoms with Gasteiger partial charge >= 0.3 is 6.36 Å². The molecule has 0 radical (unpaired) electrons. The van der Waals surface area contributed by atoms with Crippen LogP contribution in [0.2, 0.25) is 0 Å². The van der Waals surface area contributed by atoms with Crippen molar-refractivity contribution < 1.29 is 22.7 Å². The lowest BCUT2D eigenvalue weighted by Crippen LogP contribution is -2.31. The number of amides is 1. The Labute approximate surface area is 221 Å². The van der Waals surface area contributed by atoms with Gasteiger partial charge in [0, 0.05) is 13.0 Å². The SMILES string of the molecule is C=C(CC)c1sccc1NC(=O)C(N)=NC1=NCC(Cc2ccc(OC(F)(F)F)cc2)CC1.CC.CC. The van der Waals surface area contributed by atoms with Gasteiger partial charge in [0.15, 0.2) is 5.84 Å². The van der Waals surface area contributed by atoms with Gasteiger partial charge in [0.1, 0.15) is 11.6 Å². The van der Waals surface area contributed by atoms with E-state index < -0.39 is 12.3 Å². The summed E-state index contributed by atoms with van der Waals surface area (Å²) in [6, 6.07) is 7.65. The van der Waals surface area contributed by atoms with Crippen molar-refractivity contribution in [2.45, 2.75) is 66.7 Å². The third-order valence-electron chi connectivity index (χ3n) is 5.13. The van der Waals surface area contributed by atoms with Crippen LogP contribution in [0.4, 0.5) is 18.9 Å². The number of nitrogens with two attached hydrogens (primary N) is 1. The van der Waals surface area contributed by atoms with Crippen molar-refractivity contribution in [1.29, 1.82) is 0 Å². The highest BCUT2D eigenvalue weighted by atomic mass is 32.1. The van der Waals surface area contributed by atoms with Gasteiger partial charge in [0.05, 0.1) is 10.6 Å². The van der Waals surface area contributed by atoms with Crippen molar-refractivity contribution >= 4 is 40.2 Å². The second-order valence-electron chi connectivity index (χ2n) is 7.63. The monoisotopic (exact) mass is 538 g/mol. The first-order valence-corrected chi connectivity index (χ1v) is 13.3. The quantitative estimate of drug-likeness (QED) is 0.295. The Morgan fingerprint density at radius 1 is 1.22 bits per heavy atom. The minimum absolute atomic E-state index is 0.160. The molecule has 1 aromatic carbocycles. The number of allylic oxidation sites excluding steroid dienone is 1. The highest BCUT2D eigenvalue weighted by Crippen LogP contribution is 2.30. The fourth-order valence-electron chi connectivity index (χ4n) is 3.37. The summed E-state index contributed by atoms with van der Waals surface area (Å²) in [6.45, 7) is 14.5. The van der Waals surface area contributed by atoms with Gasteiger partial charge in [-0.1, -0.05) is 53.3 Å².